The Morgan fingerprint density at radius 2 is 2.12 bits per heavy atom. The number of rotatable bonds is 4. The Morgan fingerprint density at radius 3 is 2.88 bits per heavy atom. The molecular formula is C18H22N5S2+. The molecule has 1 aliphatic rings. The molecule has 1 N–H and O–H groups in total. The summed E-state index contributed by atoms with van der Waals surface area (Å²) in [6.07, 6.45) is 5.86. The molecule has 0 radical (unpaired) electrons. The Bertz CT molecular complexity index is 925. The summed E-state index contributed by atoms with van der Waals surface area (Å²) in [5, 5.41) is 7.04. The second-order valence-corrected chi connectivity index (χ2v) is 7.84. The molecule has 0 fully saturated rings. The molecule has 1 unspecified atom stereocenters. The average molecular weight is 373 g/mol. The van der Waals surface area contributed by atoms with E-state index in [0.29, 0.717) is 6.04 Å². The van der Waals surface area contributed by atoms with E-state index in [4.69, 9.17) is 17.3 Å². The molecule has 4 heterocycles. The van der Waals surface area contributed by atoms with Crippen molar-refractivity contribution in [1.82, 2.24) is 19.3 Å². The van der Waals surface area contributed by atoms with E-state index in [1.54, 1.807) is 22.2 Å². The molecule has 0 spiro atoms. The lowest BCUT2D eigenvalue weighted by Gasteiger charge is -2.31. The average Bonchev–Trinajstić information content (AvgIpc) is 3.22. The lowest BCUT2D eigenvalue weighted by Crippen LogP contribution is -3.12. The van der Waals surface area contributed by atoms with Gasteiger partial charge >= 0.3 is 0 Å². The van der Waals surface area contributed by atoms with Gasteiger partial charge < -0.3 is 9.47 Å². The quantitative estimate of drug-likeness (QED) is 0.716. The molecule has 25 heavy (non-hydrogen) atoms. The Labute approximate surface area is 156 Å². The van der Waals surface area contributed by atoms with Crippen molar-refractivity contribution in [3.8, 4) is 11.4 Å². The zero-order valence-electron chi connectivity index (χ0n) is 14.5. The fourth-order valence-electron chi connectivity index (χ4n) is 3.77. The second kappa shape index (κ2) is 6.82. The number of hydrogen-bond donors (Lipinski definition) is 1. The van der Waals surface area contributed by atoms with Crippen LogP contribution in [0.3, 0.4) is 0 Å². The third-order valence-corrected chi connectivity index (χ3v) is 6.54. The molecule has 3 aromatic rings. The number of nitrogens with zero attached hydrogens (tertiary/aromatic N) is 4. The number of pyridine rings is 1. The van der Waals surface area contributed by atoms with Crippen molar-refractivity contribution >= 4 is 23.6 Å². The Hall–Kier alpha value is -1.83. The van der Waals surface area contributed by atoms with Gasteiger partial charge in [-0.05, 0) is 35.8 Å². The van der Waals surface area contributed by atoms with Gasteiger partial charge in [0, 0.05) is 48.3 Å². The normalized spacial score (nSPS) is 19.8. The summed E-state index contributed by atoms with van der Waals surface area (Å²) < 4.78 is 4.75. The van der Waals surface area contributed by atoms with Crippen LogP contribution in [0.2, 0.25) is 0 Å². The van der Waals surface area contributed by atoms with Crippen molar-refractivity contribution in [1.29, 1.82) is 0 Å². The summed E-state index contributed by atoms with van der Waals surface area (Å²) in [5.74, 6) is 0.896. The number of aromatic nitrogens is 4. The molecule has 5 nitrogen and oxygen atoms in total. The Morgan fingerprint density at radius 1 is 1.32 bits per heavy atom. The molecule has 4 rings (SSSR count). The van der Waals surface area contributed by atoms with Crippen LogP contribution in [-0.4, -0.2) is 25.9 Å². The minimum atomic E-state index is 0.531. The molecule has 1 aliphatic heterocycles. The van der Waals surface area contributed by atoms with E-state index < -0.39 is 0 Å². The maximum absolute atomic E-state index is 5.66. The third-order valence-electron chi connectivity index (χ3n) is 5.06. The van der Waals surface area contributed by atoms with Gasteiger partial charge in [0.15, 0.2) is 12.5 Å². The number of quaternary nitrogens is 1. The first kappa shape index (κ1) is 16.6. The highest BCUT2D eigenvalue weighted by Gasteiger charge is 2.31. The summed E-state index contributed by atoms with van der Waals surface area (Å²) in [7, 11) is 1.99. The van der Waals surface area contributed by atoms with Crippen molar-refractivity contribution < 1.29 is 4.90 Å². The van der Waals surface area contributed by atoms with Crippen molar-refractivity contribution in [3.63, 3.8) is 0 Å². The van der Waals surface area contributed by atoms with Gasteiger partial charge in [0.2, 0.25) is 4.77 Å². The standard InChI is InChI=1S/C18H21N5S2/c1-3-15-14-7-11-25-16(14)6-10-22(15)12-23-18(24)21(2)17(20-23)13-4-8-19-9-5-13/h4-5,7-9,11,15H,3,6,10,12H2,1-2H3/p+1/t15-/m0/s1. The molecule has 0 aromatic carbocycles. The van der Waals surface area contributed by atoms with Crippen LogP contribution in [0.4, 0.5) is 0 Å². The minimum absolute atomic E-state index is 0.531. The molecule has 2 atom stereocenters. The van der Waals surface area contributed by atoms with Crippen molar-refractivity contribution in [3.05, 3.63) is 51.2 Å². The largest absolute Gasteiger partial charge is 0.310 e. The van der Waals surface area contributed by atoms with E-state index in [2.05, 4.69) is 23.4 Å². The van der Waals surface area contributed by atoms with Crippen LogP contribution in [0.15, 0.2) is 36.0 Å². The zero-order valence-corrected chi connectivity index (χ0v) is 16.1. The number of thiophene rings is 1. The third kappa shape index (κ3) is 2.96. The molecule has 0 bridgehead atoms. The highest BCUT2D eigenvalue weighted by molar-refractivity contribution is 7.71. The number of hydrogen-bond acceptors (Lipinski definition) is 4. The first-order valence-electron chi connectivity index (χ1n) is 8.64. The van der Waals surface area contributed by atoms with Gasteiger partial charge in [-0.25, -0.2) is 0 Å². The van der Waals surface area contributed by atoms with Gasteiger partial charge in [-0.15, -0.1) is 16.4 Å². The first-order chi connectivity index (χ1) is 12.2. The second-order valence-electron chi connectivity index (χ2n) is 6.48. The van der Waals surface area contributed by atoms with Gasteiger partial charge in [-0.1, -0.05) is 6.92 Å². The molecule has 3 aromatic heterocycles. The smallest absolute Gasteiger partial charge is 0.202 e. The van der Waals surface area contributed by atoms with Crippen LogP contribution in [0.1, 0.15) is 29.8 Å². The summed E-state index contributed by atoms with van der Waals surface area (Å²) >= 11 is 7.55. The van der Waals surface area contributed by atoms with E-state index >= 15 is 0 Å². The predicted molar refractivity (Wildman–Crippen MR) is 102 cm³/mol. The zero-order chi connectivity index (χ0) is 17.4. The van der Waals surface area contributed by atoms with Gasteiger partial charge in [0.25, 0.3) is 0 Å². The summed E-state index contributed by atoms with van der Waals surface area (Å²) in [6.45, 7) is 4.22. The minimum Gasteiger partial charge on any atom is -0.310 e. The fourth-order valence-corrected chi connectivity index (χ4v) is 4.90. The van der Waals surface area contributed by atoms with Crippen molar-refractivity contribution in [2.45, 2.75) is 32.5 Å². The molecule has 130 valence electrons. The van der Waals surface area contributed by atoms with E-state index in [1.807, 2.05) is 39.8 Å². The molecule has 0 saturated heterocycles. The van der Waals surface area contributed by atoms with Crippen LogP contribution < -0.4 is 4.90 Å². The lowest BCUT2D eigenvalue weighted by molar-refractivity contribution is -0.956. The molecule has 0 aliphatic carbocycles. The van der Waals surface area contributed by atoms with Gasteiger partial charge in [0.05, 0.1) is 6.54 Å². The van der Waals surface area contributed by atoms with Crippen LogP contribution >= 0.6 is 23.6 Å². The topological polar surface area (TPSA) is 40.1 Å². The maximum atomic E-state index is 5.66. The summed E-state index contributed by atoms with van der Waals surface area (Å²) in [4.78, 5) is 7.19. The monoisotopic (exact) mass is 372 g/mol. The summed E-state index contributed by atoms with van der Waals surface area (Å²) in [5.41, 5.74) is 2.56. The predicted octanol–water partition coefficient (Wildman–Crippen LogP) is 2.62. The number of fused-ring (bicyclic) bond motifs is 1. The van der Waals surface area contributed by atoms with Crippen LogP contribution in [0, 0.1) is 4.77 Å². The van der Waals surface area contributed by atoms with E-state index in [9.17, 15) is 0 Å². The molecular weight excluding hydrogens is 350 g/mol. The fraction of sp³-hybridized carbons (Fsp3) is 0.389. The van der Waals surface area contributed by atoms with Gasteiger partial charge in [-0.3, -0.25) is 4.98 Å². The summed E-state index contributed by atoms with van der Waals surface area (Å²) in [6, 6.07) is 6.78. The molecule has 7 heteroatoms. The van der Waals surface area contributed by atoms with Crippen LogP contribution in [-0.2, 0) is 20.1 Å². The van der Waals surface area contributed by atoms with Crippen molar-refractivity contribution in [2.24, 2.45) is 7.05 Å². The highest BCUT2D eigenvalue weighted by atomic mass is 32.1. The van der Waals surface area contributed by atoms with E-state index in [0.717, 1.165) is 42.2 Å². The highest BCUT2D eigenvalue weighted by Crippen LogP contribution is 2.27. The van der Waals surface area contributed by atoms with E-state index in [-0.39, 0.29) is 0 Å². The molecule has 0 saturated carbocycles. The Kier molecular flexibility index (Phi) is 4.54. The maximum Gasteiger partial charge on any atom is 0.202 e. The van der Waals surface area contributed by atoms with Crippen molar-refractivity contribution in [2.75, 3.05) is 6.54 Å². The van der Waals surface area contributed by atoms with E-state index in [1.165, 1.54) is 5.56 Å². The van der Waals surface area contributed by atoms with Gasteiger partial charge in [0.1, 0.15) is 6.04 Å². The van der Waals surface area contributed by atoms with Crippen LogP contribution in [0.25, 0.3) is 11.4 Å². The molecule has 0 amide bonds. The number of nitrogens with one attached hydrogen (secondary N) is 1. The lowest BCUT2D eigenvalue weighted by atomic mass is 9.98. The van der Waals surface area contributed by atoms with Gasteiger partial charge in [-0.2, -0.15) is 4.68 Å². The van der Waals surface area contributed by atoms with Crippen LogP contribution in [0.5, 0.6) is 0 Å². The first-order valence-corrected chi connectivity index (χ1v) is 9.93. The SMILES string of the molecule is CC[C@H]1c2ccsc2CC[NH+]1Cn1nc(-c2ccncc2)n(C)c1=S. The Balaban J connectivity index is 1.65.